The highest BCUT2D eigenvalue weighted by Gasteiger charge is 2.16. The van der Waals surface area contributed by atoms with Gasteiger partial charge < -0.3 is 10.1 Å². The molecule has 0 aromatic carbocycles. The molecule has 0 unspecified atom stereocenters. The number of hydrogen-bond acceptors (Lipinski definition) is 4. The lowest BCUT2D eigenvalue weighted by Crippen LogP contribution is -2.15. The number of nitrogens with zero attached hydrogens (tertiary/aromatic N) is 2. The van der Waals surface area contributed by atoms with Gasteiger partial charge in [0.05, 0.1) is 24.4 Å². The highest BCUT2D eigenvalue weighted by Crippen LogP contribution is 2.17. The monoisotopic (exact) mass is 259 g/mol. The van der Waals surface area contributed by atoms with Gasteiger partial charge in [0, 0.05) is 13.5 Å². The smallest absolute Gasteiger partial charge is 0.182 e. The fourth-order valence-corrected chi connectivity index (χ4v) is 1.78. The number of nitrogens with one attached hydrogen (secondary N) is 1. The third kappa shape index (κ3) is 4.11. The van der Waals surface area contributed by atoms with Gasteiger partial charge in [-0.2, -0.15) is 5.10 Å². The van der Waals surface area contributed by atoms with Crippen LogP contribution in [-0.2, 0) is 11.3 Å². The molecule has 17 heavy (non-hydrogen) atoms. The highest BCUT2D eigenvalue weighted by atomic mass is 35.5. The number of carbonyl (C=O) groups excluding carboxylic acids is 1. The summed E-state index contributed by atoms with van der Waals surface area (Å²) in [7, 11) is 3.47. The van der Waals surface area contributed by atoms with E-state index in [9.17, 15) is 4.79 Å². The maximum absolute atomic E-state index is 12.0. The van der Waals surface area contributed by atoms with Crippen LogP contribution < -0.4 is 5.32 Å². The molecule has 0 amide bonds. The summed E-state index contributed by atoms with van der Waals surface area (Å²) in [6, 6.07) is 0. The van der Waals surface area contributed by atoms with Gasteiger partial charge in [-0.25, -0.2) is 0 Å². The Bertz CT molecular complexity index is 366. The van der Waals surface area contributed by atoms with Gasteiger partial charge in [-0.15, -0.1) is 0 Å². The standard InChI is InChI=1S/C11H18ClN3O2/c1-13-5-3-4-10(16)11-9(12)8-14-15(11)6-7-17-2/h8,13H,3-7H2,1-2H3. The predicted molar refractivity (Wildman–Crippen MR) is 66.6 cm³/mol. The maximum Gasteiger partial charge on any atom is 0.182 e. The Morgan fingerprint density at radius 3 is 3.06 bits per heavy atom. The van der Waals surface area contributed by atoms with Gasteiger partial charge in [-0.05, 0) is 20.0 Å². The van der Waals surface area contributed by atoms with Crippen LogP contribution in [0, 0.1) is 0 Å². The minimum Gasteiger partial charge on any atom is -0.383 e. The van der Waals surface area contributed by atoms with E-state index in [0.29, 0.717) is 30.3 Å². The Kier molecular flexibility index (Phi) is 6.18. The van der Waals surface area contributed by atoms with Crippen LogP contribution in [-0.4, -0.2) is 42.9 Å². The Morgan fingerprint density at radius 1 is 1.65 bits per heavy atom. The minimum absolute atomic E-state index is 0.0267. The van der Waals surface area contributed by atoms with Crippen LogP contribution in [0.2, 0.25) is 5.02 Å². The van der Waals surface area contributed by atoms with Crippen molar-refractivity contribution < 1.29 is 9.53 Å². The number of methoxy groups -OCH3 is 1. The quantitative estimate of drug-likeness (QED) is 0.566. The van der Waals surface area contributed by atoms with Crippen molar-refractivity contribution in [1.29, 1.82) is 0 Å². The molecule has 0 aliphatic carbocycles. The molecule has 1 aromatic rings. The van der Waals surface area contributed by atoms with Crippen LogP contribution in [0.25, 0.3) is 0 Å². The lowest BCUT2D eigenvalue weighted by molar-refractivity contribution is 0.0966. The summed E-state index contributed by atoms with van der Waals surface area (Å²) >= 11 is 5.97. The van der Waals surface area contributed by atoms with Crippen molar-refractivity contribution >= 4 is 17.4 Å². The average Bonchev–Trinajstić information content (AvgIpc) is 2.68. The normalized spacial score (nSPS) is 10.8. The van der Waals surface area contributed by atoms with Crippen molar-refractivity contribution in [2.45, 2.75) is 19.4 Å². The first-order valence-electron chi connectivity index (χ1n) is 5.58. The first-order valence-corrected chi connectivity index (χ1v) is 5.96. The molecule has 1 rings (SSSR count). The van der Waals surface area contributed by atoms with E-state index in [1.165, 1.54) is 6.20 Å². The van der Waals surface area contributed by atoms with Crippen LogP contribution in [0.1, 0.15) is 23.3 Å². The summed E-state index contributed by atoms with van der Waals surface area (Å²) in [6.45, 7) is 1.86. The summed E-state index contributed by atoms with van der Waals surface area (Å²) in [5.74, 6) is 0.0267. The molecule has 0 aliphatic heterocycles. The molecule has 1 aromatic heterocycles. The molecule has 1 heterocycles. The molecule has 0 aliphatic rings. The summed E-state index contributed by atoms with van der Waals surface area (Å²) in [5, 5.41) is 7.49. The summed E-state index contributed by atoms with van der Waals surface area (Å²) in [5.41, 5.74) is 0.486. The van der Waals surface area contributed by atoms with E-state index < -0.39 is 0 Å². The lowest BCUT2D eigenvalue weighted by Gasteiger charge is -2.06. The zero-order chi connectivity index (χ0) is 12.7. The number of ether oxygens (including phenoxy) is 1. The third-order valence-electron chi connectivity index (χ3n) is 2.40. The predicted octanol–water partition coefficient (Wildman–Crippen LogP) is 1.37. The fourth-order valence-electron chi connectivity index (χ4n) is 1.53. The van der Waals surface area contributed by atoms with Crippen molar-refractivity contribution in [1.82, 2.24) is 15.1 Å². The number of carbonyl (C=O) groups is 1. The summed E-state index contributed by atoms with van der Waals surface area (Å²) in [4.78, 5) is 12.0. The Morgan fingerprint density at radius 2 is 2.41 bits per heavy atom. The lowest BCUT2D eigenvalue weighted by atomic mass is 10.1. The number of aromatic nitrogens is 2. The maximum atomic E-state index is 12.0. The van der Waals surface area contributed by atoms with Crippen molar-refractivity contribution in [3.63, 3.8) is 0 Å². The van der Waals surface area contributed by atoms with Gasteiger partial charge >= 0.3 is 0 Å². The van der Waals surface area contributed by atoms with E-state index in [-0.39, 0.29) is 5.78 Å². The molecule has 0 bridgehead atoms. The summed E-state index contributed by atoms with van der Waals surface area (Å²) < 4.78 is 6.57. The van der Waals surface area contributed by atoms with Crippen molar-refractivity contribution in [2.24, 2.45) is 0 Å². The third-order valence-corrected chi connectivity index (χ3v) is 2.67. The SMILES string of the molecule is CNCCCC(=O)c1c(Cl)cnn1CCOC. The van der Waals surface area contributed by atoms with Crippen LogP contribution in [0.5, 0.6) is 0 Å². The molecule has 0 saturated heterocycles. The van der Waals surface area contributed by atoms with Gasteiger partial charge in [-0.3, -0.25) is 9.48 Å². The Balaban J connectivity index is 2.66. The molecule has 0 atom stereocenters. The summed E-state index contributed by atoms with van der Waals surface area (Å²) in [6.07, 6.45) is 2.77. The van der Waals surface area contributed by atoms with E-state index >= 15 is 0 Å². The number of halogens is 1. The van der Waals surface area contributed by atoms with Gasteiger partial charge in [0.15, 0.2) is 5.78 Å². The number of hydrogen-bond donors (Lipinski definition) is 1. The molecule has 96 valence electrons. The van der Waals surface area contributed by atoms with E-state index in [2.05, 4.69) is 10.4 Å². The van der Waals surface area contributed by atoms with Crippen molar-refractivity contribution in [2.75, 3.05) is 27.3 Å². The van der Waals surface area contributed by atoms with Gasteiger partial charge in [0.2, 0.25) is 0 Å². The topological polar surface area (TPSA) is 56.2 Å². The zero-order valence-electron chi connectivity index (χ0n) is 10.2. The van der Waals surface area contributed by atoms with Crippen molar-refractivity contribution in [3.8, 4) is 0 Å². The van der Waals surface area contributed by atoms with Gasteiger partial charge in [0.1, 0.15) is 5.69 Å². The first kappa shape index (κ1) is 14.2. The second-order valence-corrected chi connectivity index (χ2v) is 4.09. The molecule has 1 N–H and O–H groups in total. The second kappa shape index (κ2) is 7.42. The van der Waals surface area contributed by atoms with Gasteiger partial charge in [-0.1, -0.05) is 11.6 Å². The number of Topliss-reactive ketones (excluding diaryl/α,β-unsaturated/α-hetero) is 1. The molecular weight excluding hydrogens is 242 g/mol. The van der Waals surface area contributed by atoms with Crippen molar-refractivity contribution in [3.05, 3.63) is 16.9 Å². The Hall–Kier alpha value is -0.910. The van der Waals surface area contributed by atoms with Crippen LogP contribution in [0.3, 0.4) is 0 Å². The first-order chi connectivity index (χ1) is 8.20. The molecule has 6 heteroatoms. The molecular formula is C11H18ClN3O2. The van der Waals surface area contributed by atoms with E-state index in [1.807, 2.05) is 7.05 Å². The van der Waals surface area contributed by atoms with Gasteiger partial charge in [0.25, 0.3) is 0 Å². The van der Waals surface area contributed by atoms with Crippen LogP contribution in [0.15, 0.2) is 6.20 Å². The molecule has 0 fully saturated rings. The van der Waals surface area contributed by atoms with Crippen LogP contribution >= 0.6 is 11.6 Å². The minimum atomic E-state index is 0.0267. The van der Waals surface area contributed by atoms with Crippen LogP contribution in [0.4, 0.5) is 0 Å². The molecule has 0 saturated carbocycles. The highest BCUT2D eigenvalue weighted by molar-refractivity contribution is 6.33. The molecule has 0 spiro atoms. The number of rotatable bonds is 8. The van der Waals surface area contributed by atoms with E-state index in [0.717, 1.165) is 13.0 Å². The largest absolute Gasteiger partial charge is 0.383 e. The van der Waals surface area contributed by atoms with E-state index in [1.54, 1.807) is 11.8 Å². The molecule has 0 radical (unpaired) electrons. The molecule has 5 nitrogen and oxygen atoms in total. The average molecular weight is 260 g/mol. The zero-order valence-corrected chi connectivity index (χ0v) is 11.0. The second-order valence-electron chi connectivity index (χ2n) is 3.69. The van der Waals surface area contributed by atoms with E-state index in [4.69, 9.17) is 16.3 Å². The Labute approximate surface area is 106 Å². The fraction of sp³-hybridized carbons (Fsp3) is 0.636. The number of ketones is 1.